The van der Waals surface area contributed by atoms with Crippen molar-refractivity contribution in [1.29, 1.82) is 0 Å². The zero-order valence-electron chi connectivity index (χ0n) is 14.2. The SMILES string of the molecule is CC1=C(C)C([SiH](C)C)c2ccccc21.NC1CCCCC1. The number of hydrogen-bond donors (Lipinski definition) is 1. The van der Waals surface area contributed by atoms with Crippen molar-refractivity contribution in [3.63, 3.8) is 0 Å². The Morgan fingerprint density at radius 3 is 2.14 bits per heavy atom. The van der Waals surface area contributed by atoms with Crippen LogP contribution in [0.15, 0.2) is 29.8 Å². The second-order valence-electron chi connectivity index (χ2n) is 7.02. The lowest BCUT2D eigenvalue weighted by molar-refractivity contribution is 0.441. The summed E-state index contributed by atoms with van der Waals surface area (Å²) in [5, 5.41) is 0. The molecule has 0 bridgehead atoms. The molecule has 1 nitrogen and oxygen atoms in total. The number of hydrogen-bond acceptors (Lipinski definition) is 1. The Labute approximate surface area is 132 Å². The molecule has 0 saturated heterocycles. The predicted octanol–water partition coefficient (Wildman–Crippen LogP) is 4.88. The summed E-state index contributed by atoms with van der Waals surface area (Å²) < 4.78 is 0. The lowest BCUT2D eigenvalue weighted by atomic mass is 9.97. The summed E-state index contributed by atoms with van der Waals surface area (Å²) in [5.74, 6) is 0. The molecule has 0 heterocycles. The number of fused-ring (bicyclic) bond motifs is 1. The number of nitrogens with two attached hydrogens (primary N) is 1. The fourth-order valence-electron chi connectivity index (χ4n) is 3.78. The van der Waals surface area contributed by atoms with Crippen molar-refractivity contribution in [3.05, 3.63) is 41.0 Å². The van der Waals surface area contributed by atoms with Crippen LogP contribution in [0, 0.1) is 0 Å². The van der Waals surface area contributed by atoms with Crippen LogP contribution < -0.4 is 5.73 Å². The van der Waals surface area contributed by atoms with E-state index >= 15 is 0 Å². The maximum atomic E-state index is 5.63. The molecular weight excluding hydrogens is 270 g/mol. The molecule has 0 amide bonds. The molecular formula is C19H31NSi. The van der Waals surface area contributed by atoms with Crippen molar-refractivity contribution >= 4 is 14.4 Å². The van der Waals surface area contributed by atoms with E-state index in [0.717, 1.165) is 5.54 Å². The summed E-state index contributed by atoms with van der Waals surface area (Å²) >= 11 is 0. The first-order valence-corrected chi connectivity index (χ1v) is 11.5. The van der Waals surface area contributed by atoms with E-state index in [4.69, 9.17) is 5.73 Å². The molecule has 116 valence electrons. The molecule has 1 unspecified atom stereocenters. The maximum Gasteiger partial charge on any atom is 0.0439 e. The molecule has 21 heavy (non-hydrogen) atoms. The molecule has 0 aromatic heterocycles. The van der Waals surface area contributed by atoms with E-state index in [1.54, 1.807) is 11.1 Å². The van der Waals surface area contributed by atoms with Crippen LogP contribution in [0.3, 0.4) is 0 Å². The molecule has 0 radical (unpaired) electrons. The van der Waals surface area contributed by atoms with E-state index in [2.05, 4.69) is 51.2 Å². The fourth-order valence-corrected chi connectivity index (χ4v) is 6.04. The molecule has 1 aromatic carbocycles. The van der Waals surface area contributed by atoms with Gasteiger partial charge in [-0.15, -0.1) is 0 Å². The second-order valence-corrected chi connectivity index (χ2v) is 10.2. The monoisotopic (exact) mass is 301 g/mol. The van der Waals surface area contributed by atoms with Crippen molar-refractivity contribution in [2.75, 3.05) is 0 Å². The summed E-state index contributed by atoms with van der Waals surface area (Å²) in [6.45, 7) is 9.48. The Morgan fingerprint density at radius 2 is 1.62 bits per heavy atom. The van der Waals surface area contributed by atoms with Crippen molar-refractivity contribution in [1.82, 2.24) is 0 Å². The molecule has 2 aliphatic carbocycles. The third-order valence-corrected chi connectivity index (χ3v) is 7.27. The Bertz CT molecular complexity index is 498. The third-order valence-electron chi connectivity index (χ3n) is 5.07. The summed E-state index contributed by atoms with van der Waals surface area (Å²) in [4.78, 5) is 0. The number of allylic oxidation sites excluding steroid dienone is 2. The molecule has 0 aliphatic heterocycles. The Hall–Kier alpha value is -0.863. The molecule has 1 atom stereocenters. The highest BCUT2D eigenvalue weighted by Crippen LogP contribution is 2.42. The van der Waals surface area contributed by atoms with Crippen molar-refractivity contribution in [3.8, 4) is 0 Å². The highest BCUT2D eigenvalue weighted by Gasteiger charge is 2.28. The van der Waals surface area contributed by atoms with Gasteiger partial charge in [0, 0.05) is 14.8 Å². The molecule has 2 N–H and O–H groups in total. The topological polar surface area (TPSA) is 26.0 Å². The van der Waals surface area contributed by atoms with Crippen LogP contribution in [0.25, 0.3) is 5.57 Å². The van der Waals surface area contributed by atoms with Gasteiger partial charge in [0.25, 0.3) is 0 Å². The highest BCUT2D eigenvalue weighted by molar-refractivity contribution is 6.58. The molecule has 1 saturated carbocycles. The van der Waals surface area contributed by atoms with E-state index in [1.165, 1.54) is 43.2 Å². The van der Waals surface area contributed by atoms with Crippen LogP contribution in [-0.4, -0.2) is 14.8 Å². The molecule has 1 aromatic rings. The first-order valence-electron chi connectivity index (χ1n) is 8.54. The average molecular weight is 302 g/mol. The normalized spacial score (nSPS) is 22.1. The van der Waals surface area contributed by atoms with E-state index < -0.39 is 8.80 Å². The van der Waals surface area contributed by atoms with E-state index in [0.29, 0.717) is 6.04 Å². The average Bonchev–Trinajstić information content (AvgIpc) is 2.73. The Morgan fingerprint density at radius 1 is 1.00 bits per heavy atom. The number of benzene rings is 1. The number of rotatable bonds is 1. The van der Waals surface area contributed by atoms with Crippen LogP contribution in [0.5, 0.6) is 0 Å². The van der Waals surface area contributed by atoms with E-state index in [9.17, 15) is 0 Å². The zero-order chi connectivity index (χ0) is 15.4. The maximum absolute atomic E-state index is 5.63. The van der Waals surface area contributed by atoms with Gasteiger partial charge in [-0.2, -0.15) is 0 Å². The molecule has 3 rings (SSSR count). The van der Waals surface area contributed by atoms with Gasteiger partial charge in [-0.3, -0.25) is 0 Å². The van der Waals surface area contributed by atoms with Crippen molar-refractivity contribution in [2.45, 2.75) is 70.6 Å². The van der Waals surface area contributed by atoms with Gasteiger partial charge in [-0.05, 0) is 48.9 Å². The summed E-state index contributed by atoms with van der Waals surface area (Å²) in [6.07, 6.45) is 6.66. The fraction of sp³-hybridized carbons (Fsp3) is 0.579. The Balaban J connectivity index is 0.000000194. The highest BCUT2D eigenvalue weighted by atomic mass is 28.3. The van der Waals surface area contributed by atoms with Gasteiger partial charge in [-0.1, -0.05) is 62.2 Å². The van der Waals surface area contributed by atoms with Gasteiger partial charge in [0.15, 0.2) is 0 Å². The van der Waals surface area contributed by atoms with Gasteiger partial charge < -0.3 is 5.73 Å². The predicted molar refractivity (Wildman–Crippen MR) is 97.4 cm³/mol. The van der Waals surface area contributed by atoms with Gasteiger partial charge in [0.2, 0.25) is 0 Å². The van der Waals surface area contributed by atoms with Gasteiger partial charge in [-0.25, -0.2) is 0 Å². The minimum Gasteiger partial charge on any atom is -0.328 e. The molecule has 2 heteroatoms. The van der Waals surface area contributed by atoms with Crippen LogP contribution in [0.4, 0.5) is 0 Å². The van der Waals surface area contributed by atoms with Crippen LogP contribution >= 0.6 is 0 Å². The smallest absolute Gasteiger partial charge is 0.0439 e. The lowest BCUT2D eigenvalue weighted by Crippen LogP contribution is -2.22. The van der Waals surface area contributed by atoms with Gasteiger partial charge in [0.05, 0.1) is 0 Å². The lowest BCUT2D eigenvalue weighted by Gasteiger charge is -2.17. The molecule has 0 spiro atoms. The second kappa shape index (κ2) is 7.41. The molecule has 1 fully saturated rings. The van der Waals surface area contributed by atoms with E-state index in [-0.39, 0.29) is 0 Å². The van der Waals surface area contributed by atoms with Crippen LogP contribution in [-0.2, 0) is 0 Å². The first-order chi connectivity index (χ1) is 10.0. The summed E-state index contributed by atoms with van der Waals surface area (Å²) in [6, 6.07) is 9.44. The first kappa shape index (κ1) is 16.5. The van der Waals surface area contributed by atoms with Crippen LogP contribution in [0.2, 0.25) is 13.1 Å². The largest absolute Gasteiger partial charge is 0.328 e. The quantitative estimate of drug-likeness (QED) is 0.735. The van der Waals surface area contributed by atoms with Crippen molar-refractivity contribution < 1.29 is 0 Å². The summed E-state index contributed by atoms with van der Waals surface area (Å²) in [7, 11) is -0.614. The molecule has 2 aliphatic rings. The van der Waals surface area contributed by atoms with E-state index in [1.807, 2.05) is 0 Å². The van der Waals surface area contributed by atoms with Crippen molar-refractivity contribution in [2.24, 2.45) is 5.73 Å². The Kier molecular flexibility index (Phi) is 5.83. The minimum absolute atomic E-state index is 0.536. The van der Waals surface area contributed by atoms with Crippen LogP contribution in [0.1, 0.15) is 62.6 Å². The zero-order valence-corrected chi connectivity index (χ0v) is 15.3. The third kappa shape index (κ3) is 3.86. The minimum atomic E-state index is -0.614. The van der Waals surface area contributed by atoms with Gasteiger partial charge >= 0.3 is 0 Å². The summed E-state index contributed by atoms with van der Waals surface area (Å²) in [5.41, 5.74) is 12.6. The standard InChI is InChI=1S/C13H18Si.C6H13N/c1-9-10(2)13(14(3)4)12-8-6-5-7-11(9)12;7-6-4-2-1-3-5-6/h5-8,13-14H,1-4H3;6H,1-5,7H2. The van der Waals surface area contributed by atoms with Gasteiger partial charge in [0.1, 0.15) is 0 Å².